The van der Waals surface area contributed by atoms with E-state index in [4.69, 9.17) is 0 Å². The molecular formula is C16H17BrO. The van der Waals surface area contributed by atoms with Gasteiger partial charge in [-0.15, -0.1) is 0 Å². The van der Waals surface area contributed by atoms with Gasteiger partial charge in [-0.3, -0.25) is 0 Å². The van der Waals surface area contributed by atoms with Crippen LogP contribution in [0.15, 0.2) is 40.9 Å². The zero-order valence-corrected chi connectivity index (χ0v) is 12.5. The predicted molar refractivity (Wildman–Crippen MR) is 78.9 cm³/mol. The van der Waals surface area contributed by atoms with Crippen molar-refractivity contribution >= 4 is 15.9 Å². The Kier molecular flexibility index (Phi) is 3.88. The van der Waals surface area contributed by atoms with Crippen LogP contribution in [0.5, 0.6) is 0 Å². The van der Waals surface area contributed by atoms with Crippen molar-refractivity contribution in [3.63, 3.8) is 0 Å². The van der Waals surface area contributed by atoms with Crippen LogP contribution in [-0.4, -0.2) is 5.11 Å². The first-order valence-corrected chi connectivity index (χ1v) is 6.79. The summed E-state index contributed by atoms with van der Waals surface area (Å²) in [6, 6.07) is 12.1. The summed E-state index contributed by atoms with van der Waals surface area (Å²) in [5, 5.41) is 10.5. The topological polar surface area (TPSA) is 20.2 Å². The Bertz CT molecular complexity index is 575. The molecule has 0 radical (unpaired) electrons. The van der Waals surface area contributed by atoms with E-state index in [0.29, 0.717) is 0 Å². The SMILES string of the molecule is Cc1ccc(C(O)c2ccc(Br)c(C)c2)c(C)c1. The number of rotatable bonds is 2. The van der Waals surface area contributed by atoms with Crippen molar-refractivity contribution in [3.8, 4) is 0 Å². The molecule has 0 fully saturated rings. The van der Waals surface area contributed by atoms with Crippen LogP contribution < -0.4 is 0 Å². The van der Waals surface area contributed by atoms with E-state index in [-0.39, 0.29) is 0 Å². The van der Waals surface area contributed by atoms with Gasteiger partial charge in [0.25, 0.3) is 0 Å². The molecule has 2 aromatic rings. The molecular weight excluding hydrogens is 288 g/mol. The maximum Gasteiger partial charge on any atom is 0.104 e. The highest BCUT2D eigenvalue weighted by molar-refractivity contribution is 9.10. The van der Waals surface area contributed by atoms with Crippen LogP contribution in [0.1, 0.15) is 33.9 Å². The molecule has 2 rings (SSSR count). The van der Waals surface area contributed by atoms with E-state index < -0.39 is 6.10 Å². The summed E-state index contributed by atoms with van der Waals surface area (Å²) in [4.78, 5) is 0. The van der Waals surface area contributed by atoms with E-state index in [9.17, 15) is 5.11 Å². The fraction of sp³-hybridized carbons (Fsp3) is 0.250. The smallest absolute Gasteiger partial charge is 0.104 e. The highest BCUT2D eigenvalue weighted by atomic mass is 79.9. The van der Waals surface area contributed by atoms with E-state index in [1.165, 1.54) is 5.56 Å². The molecule has 1 N–H and O–H groups in total. The Morgan fingerprint density at radius 2 is 1.67 bits per heavy atom. The molecule has 2 aromatic carbocycles. The third kappa shape index (κ3) is 2.65. The van der Waals surface area contributed by atoms with Crippen molar-refractivity contribution in [2.24, 2.45) is 0 Å². The summed E-state index contributed by atoms with van der Waals surface area (Å²) < 4.78 is 1.07. The van der Waals surface area contributed by atoms with Crippen molar-refractivity contribution in [1.82, 2.24) is 0 Å². The molecule has 1 unspecified atom stereocenters. The average molecular weight is 305 g/mol. The van der Waals surface area contributed by atoms with E-state index >= 15 is 0 Å². The zero-order chi connectivity index (χ0) is 13.3. The quantitative estimate of drug-likeness (QED) is 0.868. The molecule has 0 aromatic heterocycles. The van der Waals surface area contributed by atoms with Gasteiger partial charge in [-0.1, -0.05) is 51.8 Å². The largest absolute Gasteiger partial charge is 0.384 e. The van der Waals surface area contributed by atoms with Crippen molar-refractivity contribution in [2.75, 3.05) is 0 Å². The van der Waals surface area contributed by atoms with Gasteiger partial charge in [-0.05, 0) is 49.1 Å². The Balaban J connectivity index is 2.41. The minimum atomic E-state index is -0.558. The number of halogens is 1. The monoisotopic (exact) mass is 304 g/mol. The first-order valence-electron chi connectivity index (χ1n) is 6.00. The molecule has 0 bridgehead atoms. The molecule has 0 amide bonds. The lowest BCUT2D eigenvalue weighted by molar-refractivity contribution is 0.219. The minimum Gasteiger partial charge on any atom is -0.384 e. The number of hydrogen-bond donors (Lipinski definition) is 1. The van der Waals surface area contributed by atoms with Gasteiger partial charge in [0.1, 0.15) is 6.10 Å². The van der Waals surface area contributed by atoms with Crippen LogP contribution in [-0.2, 0) is 0 Å². The van der Waals surface area contributed by atoms with Crippen molar-refractivity contribution in [3.05, 3.63) is 68.7 Å². The molecule has 18 heavy (non-hydrogen) atoms. The Labute approximate surface area is 117 Å². The summed E-state index contributed by atoms with van der Waals surface area (Å²) in [5.41, 5.74) is 5.39. The molecule has 0 aliphatic heterocycles. The molecule has 0 aliphatic carbocycles. The number of benzene rings is 2. The van der Waals surface area contributed by atoms with E-state index in [1.807, 2.05) is 44.2 Å². The molecule has 0 spiro atoms. The van der Waals surface area contributed by atoms with Gasteiger partial charge in [-0.25, -0.2) is 0 Å². The van der Waals surface area contributed by atoms with Crippen LogP contribution in [0.25, 0.3) is 0 Å². The highest BCUT2D eigenvalue weighted by Gasteiger charge is 2.13. The number of aryl methyl sites for hydroxylation is 3. The number of aliphatic hydroxyl groups excluding tert-OH is 1. The predicted octanol–water partition coefficient (Wildman–Crippen LogP) is 4.46. The van der Waals surface area contributed by atoms with E-state index in [0.717, 1.165) is 26.7 Å². The van der Waals surface area contributed by atoms with Gasteiger partial charge < -0.3 is 5.11 Å². The van der Waals surface area contributed by atoms with Crippen molar-refractivity contribution < 1.29 is 5.11 Å². The molecule has 0 saturated carbocycles. The first-order chi connectivity index (χ1) is 8.49. The summed E-state index contributed by atoms with van der Waals surface area (Å²) >= 11 is 3.48. The van der Waals surface area contributed by atoms with Crippen LogP contribution in [0, 0.1) is 20.8 Å². The normalized spacial score (nSPS) is 12.5. The van der Waals surface area contributed by atoms with Gasteiger partial charge in [0, 0.05) is 4.47 Å². The standard InChI is InChI=1S/C16H17BrO/c1-10-4-6-14(11(2)8-10)16(18)13-5-7-15(17)12(3)9-13/h4-9,16,18H,1-3H3. The Morgan fingerprint density at radius 1 is 0.944 bits per heavy atom. The first kappa shape index (κ1) is 13.3. The van der Waals surface area contributed by atoms with Crippen molar-refractivity contribution in [1.29, 1.82) is 0 Å². The third-order valence-electron chi connectivity index (χ3n) is 3.22. The van der Waals surface area contributed by atoms with E-state index in [2.05, 4.69) is 28.9 Å². The lowest BCUT2D eigenvalue weighted by Crippen LogP contribution is -2.02. The maximum absolute atomic E-state index is 10.5. The minimum absolute atomic E-state index is 0.558. The Morgan fingerprint density at radius 3 is 2.28 bits per heavy atom. The average Bonchev–Trinajstić information content (AvgIpc) is 2.32. The summed E-state index contributed by atoms with van der Waals surface area (Å²) in [7, 11) is 0. The fourth-order valence-electron chi connectivity index (χ4n) is 2.15. The third-order valence-corrected chi connectivity index (χ3v) is 4.11. The maximum atomic E-state index is 10.5. The highest BCUT2D eigenvalue weighted by Crippen LogP contribution is 2.28. The summed E-state index contributed by atoms with van der Waals surface area (Å²) in [6.07, 6.45) is -0.558. The lowest BCUT2D eigenvalue weighted by Gasteiger charge is -2.15. The second kappa shape index (κ2) is 5.25. The van der Waals surface area contributed by atoms with Gasteiger partial charge in [-0.2, -0.15) is 0 Å². The van der Waals surface area contributed by atoms with Crippen LogP contribution >= 0.6 is 15.9 Å². The van der Waals surface area contributed by atoms with Crippen LogP contribution in [0.2, 0.25) is 0 Å². The van der Waals surface area contributed by atoms with Gasteiger partial charge in [0.05, 0.1) is 0 Å². The summed E-state index contributed by atoms with van der Waals surface area (Å²) in [5.74, 6) is 0. The van der Waals surface area contributed by atoms with Crippen LogP contribution in [0.4, 0.5) is 0 Å². The molecule has 0 aliphatic rings. The van der Waals surface area contributed by atoms with Crippen LogP contribution in [0.3, 0.4) is 0 Å². The molecule has 1 atom stereocenters. The molecule has 94 valence electrons. The van der Waals surface area contributed by atoms with E-state index in [1.54, 1.807) is 0 Å². The molecule has 2 heteroatoms. The van der Waals surface area contributed by atoms with Gasteiger partial charge in [0.2, 0.25) is 0 Å². The second-order valence-corrected chi connectivity index (χ2v) is 5.63. The molecule has 0 heterocycles. The zero-order valence-electron chi connectivity index (χ0n) is 10.9. The Hall–Kier alpha value is -1.12. The molecule has 0 saturated heterocycles. The summed E-state index contributed by atoms with van der Waals surface area (Å²) in [6.45, 7) is 6.13. The number of aliphatic hydroxyl groups is 1. The second-order valence-electron chi connectivity index (χ2n) is 4.77. The molecule has 1 nitrogen and oxygen atoms in total. The van der Waals surface area contributed by atoms with Crippen molar-refractivity contribution in [2.45, 2.75) is 26.9 Å². The van der Waals surface area contributed by atoms with Gasteiger partial charge in [0.15, 0.2) is 0 Å². The lowest BCUT2D eigenvalue weighted by atomic mass is 9.95. The fourth-order valence-corrected chi connectivity index (χ4v) is 2.40. The number of hydrogen-bond acceptors (Lipinski definition) is 1. The van der Waals surface area contributed by atoms with Gasteiger partial charge >= 0.3 is 0 Å².